The molecule has 2 rings (SSSR count). The number of aliphatic carboxylic acids is 1. The number of carbonyl (C=O) groups excluding carboxylic acids is 2. The Balaban J connectivity index is 2.26. The van der Waals surface area contributed by atoms with E-state index in [0.29, 0.717) is 5.56 Å². The van der Waals surface area contributed by atoms with Gasteiger partial charge in [0.15, 0.2) is 5.78 Å². The van der Waals surface area contributed by atoms with Crippen LogP contribution in [0.4, 0.5) is 10.1 Å². The lowest BCUT2D eigenvalue weighted by molar-refractivity contribution is -0.138. The molecule has 0 saturated carbocycles. The molecule has 1 amide bonds. The molecule has 0 aliphatic heterocycles. The van der Waals surface area contributed by atoms with E-state index < -0.39 is 23.5 Å². The van der Waals surface area contributed by atoms with Gasteiger partial charge >= 0.3 is 5.97 Å². The number of amides is 1. The van der Waals surface area contributed by atoms with E-state index in [-0.39, 0.29) is 24.1 Å². The molecule has 6 heteroatoms. The lowest BCUT2D eigenvalue weighted by atomic mass is 10.0. The van der Waals surface area contributed by atoms with Crippen LogP contribution in [0.15, 0.2) is 48.5 Å². The highest BCUT2D eigenvalue weighted by Gasteiger charge is 2.16. The second-order valence-electron chi connectivity index (χ2n) is 4.83. The summed E-state index contributed by atoms with van der Waals surface area (Å²) in [5, 5.41) is 11.0. The van der Waals surface area contributed by atoms with Crippen molar-refractivity contribution in [3.05, 3.63) is 65.5 Å². The highest BCUT2D eigenvalue weighted by molar-refractivity contribution is 6.13. The largest absolute Gasteiger partial charge is 0.481 e. The Morgan fingerprint density at radius 3 is 2.35 bits per heavy atom. The summed E-state index contributed by atoms with van der Waals surface area (Å²) in [7, 11) is 0. The van der Waals surface area contributed by atoms with Gasteiger partial charge in [-0.1, -0.05) is 30.3 Å². The molecule has 2 aromatic rings. The van der Waals surface area contributed by atoms with Crippen LogP contribution in [0.5, 0.6) is 0 Å². The minimum Gasteiger partial charge on any atom is -0.481 e. The fourth-order valence-electron chi connectivity index (χ4n) is 1.99. The molecule has 0 heterocycles. The zero-order chi connectivity index (χ0) is 16.8. The van der Waals surface area contributed by atoms with Crippen molar-refractivity contribution in [3.63, 3.8) is 0 Å². The molecular weight excluding hydrogens is 301 g/mol. The third-order valence-electron chi connectivity index (χ3n) is 3.10. The SMILES string of the molecule is O=C(O)CCC(=O)Nc1ccc(F)cc1C(=O)c1ccccc1. The molecule has 2 N–H and O–H groups in total. The Morgan fingerprint density at radius 2 is 1.70 bits per heavy atom. The fraction of sp³-hybridized carbons (Fsp3) is 0.118. The van der Waals surface area contributed by atoms with Gasteiger partial charge < -0.3 is 10.4 Å². The highest BCUT2D eigenvalue weighted by atomic mass is 19.1. The van der Waals surface area contributed by atoms with Crippen molar-refractivity contribution < 1.29 is 23.9 Å². The van der Waals surface area contributed by atoms with Gasteiger partial charge in [0.25, 0.3) is 0 Å². The second kappa shape index (κ2) is 7.31. The number of benzene rings is 2. The Labute approximate surface area is 131 Å². The van der Waals surface area contributed by atoms with Gasteiger partial charge in [-0.3, -0.25) is 14.4 Å². The number of nitrogens with one attached hydrogen (secondary N) is 1. The monoisotopic (exact) mass is 315 g/mol. The number of hydrogen-bond donors (Lipinski definition) is 2. The lowest BCUT2D eigenvalue weighted by Crippen LogP contribution is -2.16. The van der Waals surface area contributed by atoms with Gasteiger partial charge in [-0.05, 0) is 18.2 Å². The van der Waals surface area contributed by atoms with Crippen molar-refractivity contribution in [2.45, 2.75) is 12.8 Å². The minimum absolute atomic E-state index is 0.0138. The first-order valence-electron chi connectivity index (χ1n) is 6.88. The molecular formula is C17H14FNO4. The summed E-state index contributed by atoms with van der Waals surface area (Å²) < 4.78 is 13.5. The van der Waals surface area contributed by atoms with E-state index >= 15 is 0 Å². The number of ketones is 1. The molecule has 0 aromatic heterocycles. The van der Waals surface area contributed by atoms with Crippen molar-refractivity contribution in [1.29, 1.82) is 0 Å². The molecule has 5 nitrogen and oxygen atoms in total. The van der Waals surface area contributed by atoms with E-state index in [4.69, 9.17) is 5.11 Å². The minimum atomic E-state index is -1.10. The van der Waals surface area contributed by atoms with E-state index in [1.807, 2.05) is 0 Å². The molecule has 118 valence electrons. The predicted molar refractivity (Wildman–Crippen MR) is 81.8 cm³/mol. The topological polar surface area (TPSA) is 83.5 Å². The normalized spacial score (nSPS) is 10.1. The summed E-state index contributed by atoms with van der Waals surface area (Å²) >= 11 is 0. The van der Waals surface area contributed by atoms with Gasteiger partial charge in [-0.25, -0.2) is 4.39 Å². The number of anilines is 1. The van der Waals surface area contributed by atoms with Gasteiger partial charge in [0.05, 0.1) is 12.1 Å². The third-order valence-corrected chi connectivity index (χ3v) is 3.10. The average molecular weight is 315 g/mol. The molecule has 0 saturated heterocycles. The van der Waals surface area contributed by atoms with Gasteiger partial charge in [0, 0.05) is 17.5 Å². The highest BCUT2D eigenvalue weighted by Crippen LogP contribution is 2.21. The van der Waals surface area contributed by atoms with Gasteiger partial charge in [-0.15, -0.1) is 0 Å². The predicted octanol–water partition coefficient (Wildman–Crippen LogP) is 2.86. The van der Waals surface area contributed by atoms with Crippen molar-refractivity contribution in [1.82, 2.24) is 0 Å². The van der Waals surface area contributed by atoms with Crippen LogP contribution >= 0.6 is 0 Å². The van der Waals surface area contributed by atoms with E-state index in [1.54, 1.807) is 30.3 Å². The molecule has 0 unspecified atom stereocenters. The van der Waals surface area contributed by atoms with Crippen molar-refractivity contribution >= 4 is 23.3 Å². The Hall–Kier alpha value is -3.02. The zero-order valence-corrected chi connectivity index (χ0v) is 12.1. The lowest BCUT2D eigenvalue weighted by Gasteiger charge is -2.10. The molecule has 0 bridgehead atoms. The average Bonchev–Trinajstić information content (AvgIpc) is 2.54. The van der Waals surface area contributed by atoms with Crippen LogP contribution in [0.25, 0.3) is 0 Å². The molecule has 2 aromatic carbocycles. The van der Waals surface area contributed by atoms with Gasteiger partial charge in [0.2, 0.25) is 5.91 Å². The van der Waals surface area contributed by atoms with Crippen molar-refractivity contribution in [2.75, 3.05) is 5.32 Å². The number of halogens is 1. The van der Waals surface area contributed by atoms with Crippen LogP contribution in [0.2, 0.25) is 0 Å². The molecule has 0 aliphatic rings. The molecule has 0 aliphatic carbocycles. The summed E-state index contributed by atoms with van der Waals surface area (Å²) in [6, 6.07) is 11.7. The van der Waals surface area contributed by atoms with Crippen molar-refractivity contribution in [3.8, 4) is 0 Å². The van der Waals surface area contributed by atoms with E-state index in [0.717, 1.165) is 12.1 Å². The first-order chi connectivity index (χ1) is 11.0. The molecule has 0 spiro atoms. The van der Waals surface area contributed by atoms with Crippen LogP contribution in [0.3, 0.4) is 0 Å². The summed E-state index contributed by atoms with van der Waals surface area (Å²) in [4.78, 5) is 34.7. The summed E-state index contributed by atoms with van der Waals surface area (Å²) in [5.41, 5.74) is 0.523. The zero-order valence-electron chi connectivity index (χ0n) is 12.1. The number of rotatable bonds is 6. The molecule has 0 radical (unpaired) electrons. The smallest absolute Gasteiger partial charge is 0.303 e. The third kappa shape index (κ3) is 4.47. The Morgan fingerprint density at radius 1 is 1.00 bits per heavy atom. The summed E-state index contributed by atoms with van der Waals surface area (Å²) in [5.74, 6) is -2.69. The van der Waals surface area contributed by atoms with Crippen LogP contribution in [-0.4, -0.2) is 22.8 Å². The van der Waals surface area contributed by atoms with E-state index in [2.05, 4.69) is 5.32 Å². The summed E-state index contributed by atoms with van der Waals surface area (Å²) in [6.45, 7) is 0. The van der Waals surface area contributed by atoms with Crippen LogP contribution in [0.1, 0.15) is 28.8 Å². The standard InChI is InChI=1S/C17H14FNO4/c18-12-6-7-14(19-15(20)8-9-16(21)22)13(10-12)17(23)11-4-2-1-3-5-11/h1-7,10H,8-9H2,(H,19,20)(H,21,22). The van der Waals surface area contributed by atoms with Crippen LogP contribution < -0.4 is 5.32 Å². The number of carbonyl (C=O) groups is 3. The fourth-order valence-corrected chi connectivity index (χ4v) is 1.99. The quantitative estimate of drug-likeness (QED) is 0.803. The number of carboxylic acid groups (broad SMARTS) is 1. The van der Waals surface area contributed by atoms with Gasteiger partial charge in [-0.2, -0.15) is 0 Å². The van der Waals surface area contributed by atoms with Crippen LogP contribution in [-0.2, 0) is 9.59 Å². The van der Waals surface area contributed by atoms with E-state index in [1.165, 1.54) is 6.07 Å². The number of hydrogen-bond acceptors (Lipinski definition) is 3. The maximum absolute atomic E-state index is 13.5. The number of carboxylic acids is 1. The van der Waals surface area contributed by atoms with Gasteiger partial charge in [0.1, 0.15) is 5.82 Å². The molecule has 0 atom stereocenters. The Bertz CT molecular complexity index is 744. The van der Waals surface area contributed by atoms with E-state index in [9.17, 15) is 18.8 Å². The van der Waals surface area contributed by atoms with Crippen LogP contribution in [0, 0.1) is 5.82 Å². The summed E-state index contributed by atoms with van der Waals surface area (Å²) in [6.07, 6.45) is -0.555. The van der Waals surface area contributed by atoms with Crippen molar-refractivity contribution in [2.24, 2.45) is 0 Å². The maximum atomic E-state index is 13.5. The maximum Gasteiger partial charge on any atom is 0.303 e. The second-order valence-corrected chi connectivity index (χ2v) is 4.83. The first kappa shape index (κ1) is 16.4. The molecule has 23 heavy (non-hydrogen) atoms. The first-order valence-corrected chi connectivity index (χ1v) is 6.88. The Kier molecular flexibility index (Phi) is 5.19. The molecule has 0 fully saturated rings.